The lowest BCUT2D eigenvalue weighted by Crippen LogP contribution is -2.16. The zero-order valence-corrected chi connectivity index (χ0v) is 18.1. The van der Waals surface area contributed by atoms with Crippen molar-refractivity contribution in [2.45, 2.75) is 13.8 Å². The molecule has 0 atom stereocenters. The molecule has 146 valence electrons. The van der Waals surface area contributed by atoms with Crippen LogP contribution >= 0.6 is 27.5 Å². The van der Waals surface area contributed by atoms with E-state index in [1.54, 1.807) is 12.3 Å². The first-order valence-corrected chi connectivity index (χ1v) is 10.1. The van der Waals surface area contributed by atoms with E-state index in [0.29, 0.717) is 10.6 Å². The van der Waals surface area contributed by atoms with Gasteiger partial charge >= 0.3 is 5.91 Å². The van der Waals surface area contributed by atoms with Crippen molar-refractivity contribution >= 4 is 50.6 Å². The Labute approximate surface area is 181 Å². The van der Waals surface area contributed by atoms with Gasteiger partial charge in [0, 0.05) is 32.5 Å². The molecular weight excluding hydrogens is 454 g/mol. The van der Waals surface area contributed by atoms with Crippen molar-refractivity contribution in [2.75, 3.05) is 0 Å². The van der Waals surface area contributed by atoms with Gasteiger partial charge in [0.25, 0.3) is 0 Å². The lowest BCUT2D eigenvalue weighted by Gasteiger charge is -2.10. The van der Waals surface area contributed by atoms with E-state index in [2.05, 4.69) is 31.0 Å². The highest BCUT2D eigenvalue weighted by Gasteiger charge is 2.13. The molecule has 5 nitrogen and oxygen atoms in total. The molecule has 29 heavy (non-hydrogen) atoms. The Morgan fingerprint density at radius 1 is 1.17 bits per heavy atom. The number of nitrogens with one attached hydrogen (secondary N) is 1. The van der Waals surface area contributed by atoms with Crippen LogP contribution in [0, 0.1) is 13.8 Å². The normalized spacial score (nSPS) is 11.4. The summed E-state index contributed by atoms with van der Waals surface area (Å²) in [6.07, 6.45) is 1.62. The average molecular weight is 471 g/mol. The largest absolute Gasteiger partial charge is 0.451 e. The Morgan fingerprint density at radius 2 is 1.97 bits per heavy atom. The van der Waals surface area contributed by atoms with Gasteiger partial charge in [0.2, 0.25) is 0 Å². The molecular formula is C22H17BrClN3O2. The van der Waals surface area contributed by atoms with Crippen LogP contribution in [0.1, 0.15) is 27.5 Å². The van der Waals surface area contributed by atoms with Crippen LogP contribution in [0.25, 0.3) is 16.7 Å². The molecule has 4 aromatic rings. The van der Waals surface area contributed by atoms with E-state index in [4.69, 9.17) is 16.0 Å². The van der Waals surface area contributed by atoms with Crippen LogP contribution in [-0.4, -0.2) is 16.7 Å². The standard InChI is InChI=1S/C22H17BrClN3O2/c1-13-9-16(14(2)27(13)17-7-8-18(23)19(24)11-17)12-25-26-22(28)21-10-15-5-3-4-6-20(15)29-21/h3-12H,1-2H3,(H,26,28)/b25-12+. The summed E-state index contributed by atoms with van der Waals surface area (Å²) in [5, 5.41) is 5.61. The first kappa shape index (κ1) is 19.5. The highest BCUT2D eigenvalue weighted by atomic mass is 79.9. The maximum atomic E-state index is 12.3. The van der Waals surface area contributed by atoms with Crippen molar-refractivity contribution in [1.82, 2.24) is 9.99 Å². The molecule has 0 saturated carbocycles. The fraction of sp³-hybridized carbons (Fsp3) is 0.0909. The number of carbonyl (C=O) groups is 1. The summed E-state index contributed by atoms with van der Waals surface area (Å²) >= 11 is 9.65. The number of aromatic nitrogens is 1. The quantitative estimate of drug-likeness (QED) is 0.293. The molecule has 1 N–H and O–H groups in total. The third kappa shape index (κ3) is 3.86. The Hall–Kier alpha value is -2.83. The van der Waals surface area contributed by atoms with Gasteiger partial charge in [-0.3, -0.25) is 4.79 Å². The number of furan rings is 1. The highest BCUT2D eigenvalue weighted by molar-refractivity contribution is 9.10. The summed E-state index contributed by atoms with van der Waals surface area (Å²) in [4.78, 5) is 12.3. The van der Waals surface area contributed by atoms with Crippen molar-refractivity contribution in [1.29, 1.82) is 0 Å². The Bertz CT molecular complexity index is 1220. The van der Waals surface area contributed by atoms with Gasteiger partial charge in [-0.05, 0) is 66.2 Å². The van der Waals surface area contributed by atoms with Crippen molar-refractivity contribution in [2.24, 2.45) is 5.10 Å². The second-order valence-electron chi connectivity index (χ2n) is 6.61. The summed E-state index contributed by atoms with van der Waals surface area (Å²) in [6.45, 7) is 4.00. The summed E-state index contributed by atoms with van der Waals surface area (Å²) in [6, 6.07) is 17.0. The van der Waals surface area contributed by atoms with Gasteiger partial charge < -0.3 is 8.98 Å². The number of para-hydroxylation sites is 1. The summed E-state index contributed by atoms with van der Waals surface area (Å²) < 4.78 is 8.48. The number of carbonyl (C=O) groups excluding carboxylic acids is 1. The molecule has 0 aliphatic rings. The zero-order chi connectivity index (χ0) is 20.5. The predicted molar refractivity (Wildman–Crippen MR) is 119 cm³/mol. The van der Waals surface area contributed by atoms with Crippen LogP contribution in [0.3, 0.4) is 0 Å². The van der Waals surface area contributed by atoms with Crippen LogP contribution in [-0.2, 0) is 0 Å². The summed E-state index contributed by atoms with van der Waals surface area (Å²) in [5.41, 5.74) is 7.06. The number of nitrogens with zero attached hydrogens (tertiary/aromatic N) is 2. The van der Waals surface area contributed by atoms with Crippen LogP contribution in [0.4, 0.5) is 0 Å². The number of hydrogen-bond acceptors (Lipinski definition) is 3. The molecule has 0 aliphatic heterocycles. The second kappa shape index (κ2) is 7.89. The van der Waals surface area contributed by atoms with Crippen molar-refractivity contribution in [3.63, 3.8) is 0 Å². The first-order chi connectivity index (χ1) is 13.9. The van der Waals surface area contributed by atoms with Gasteiger partial charge in [-0.2, -0.15) is 5.10 Å². The summed E-state index contributed by atoms with van der Waals surface area (Å²) in [5.74, 6) is -0.177. The molecule has 0 spiro atoms. The number of hydrogen-bond donors (Lipinski definition) is 1. The van der Waals surface area contributed by atoms with E-state index in [-0.39, 0.29) is 5.76 Å². The molecule has 0 unspecified atom stereocenters. The fourth-order valence-electron chi connectivity index (χ4n) is 3.25. The van der Waals surface area contributed by atoms with E-state index in [1.807, 2.05) is 62.4 Å². The number of fused-ring (bicyclic) bond motifs is 1. The number of aryl methyl sites for hydroxylation is 1. The van der Waals surface area contributed by atoms with E-state index in [9.17, 15) is 4.79 Å². The van der Waals surface area contributed by atoms with E-state index in [0.717, 1.165) is 32.5 Å². The van der Waals surface area contributed by atoms with E-state index < -0.39 is 5.91 Å². The van der Waals surface area contributed by atoms with Gasteiger partial charge in [-0.1, -0.05) is 29.8 Å². The van der Waals surface area contributed by atoms with Gasteiger partial charge in [-0.15, -0.1) is 0 Å². The maximum Gasteiger partial charge on any atom is 0.307 e. The number of hydrazone groups is 1. The highest BCUT2D eigenvalue weighted by Crippen LogP contribution is 2.27. The van der Waals surface area contributed by atoms with Crippen LogP contribution in [0.5, 0.6) is 0 Å². The minimum Gasteiger partial charge on any atom is -0.451 e. The lowest BCUT2D eigenvalue weighted by atomic mass is 10.2. The number of amides is 1. The molecule has 2 heterocycles. The lowest BCUT2D eigenvalue weighted by molar-refractivity contribution is 0.0929. The second-order valence-corrected chi connectivity index (χ2v) is 7.87. The monoisotopic (exact) mass is 469 g/mol. The Kier molecular flexibility index (Phi) is 5.30. The third-order valence-corrected chi connectivity index (χ3v) is 5.88. The molecule has 4 rings (SSSR count). The molecule has 0 fully saturated rings. The number of rotatable bonds is 4. The van der Waals surface area contributed by atoms with Gasteiger partial charge in [-0.25, -0.2) is 5.43 Å². The first-order valence-electron chi connectivity index (χ1n) is 8.90. The van der Waals surface area contributed by atoms with Crippen molar-refractivity contribution in [3.8, 4) is 5.69 Å². The summed E-state index contributed by atoms with van der Waals surface area (Å²) in [7, 11) is 0. The molecule has 0 bridgehead atoms. The minimum absolute atomic E-state index is 0.221. The van der Waals surface area contributed by atoms with E-state index in [1.165, 1.54) is 0 Å². The molecule has 1 amide bonds. The molecule has 7 heteroatoms. The third-order valence-electron chi connectivity index (χ3n) is 4.65. The SMILES string of the molecule is Cc1cc(/C=N/NC(=O)c2cc3ccccc3o2)c(C)n1-c1ccc(Br)c(Cl)c1. The van der Waals surface area contributed by atoms with Crippen LogP contribution in [0.2, 0.25) is 5.02 Å². The van der Waals surface area contributed by atoms with E-state index >= 15 is 0 Å². The van der Waals surface area contributed by atoms with Gasteiger partial charge in [0.05, 0.1) is 11.2 Å². The maximum absolute atomic E-state index is 12.3. The van der Waals surface area contributed by atoms with Gasteiger partial charge in [0.1, 0.15) is 5.58 Å². The molecule has 0 aliphatic carbocycles. The number of benzene rings is 2. The van der Waals surface area contributed by atoms with Crippen molar-refractivity contribution in [3.05, 3.63) is 86.8 Å². The topological polar surface area (TPSA) is 59.5 Å². The number of halogens is 2. The van der Waals surface area contributed by atoms with Gasteiger partial charge in [0.15, 0.2) is 5.76 Å². The Morgan fingerprint density at radius 3 is 2.72 bits per heavy atom. The zero-order valence-electron chi connectivity index (χ0n) is 15.7. The van der Waals surface area contributed by atoms with Crippen molar-refractivity contribution < 1.29 is 9.21 Å². The average Bonchev–Trinajstić information content (AvgIpc) is 3.25. The smallest absolute Gasteiger partial charge is 0.307 e. The predicted octanol–water partition coefficient (Wildman–Crippen LogP) is 6.02. The van der Waals surface area contributed by atoms with Crippen LogP contribution in [0.15, 0.2) is 68.6 Å². The van der Waals surface area contributed by atoms with Crippen LogP contribution < -0.4 is 5.43 Å². The minimum atomic E-state index is -0.397. The molecule has 2 aromatic heterocycles. The Balaban J connectivity index is 1.54. The molecule has 0 radical (unpaired) electrons. The fourth-order valence-corrected chi connectivity index (χ4v) is 3.67. The molecule has 0 saturated heterocycles. The molecule has 2 aromatic carbocycles.